The van der Waals surface area contributed by atoms with Gasteiger partial charge in [0.05, 0.1) is 16.8 Å². The molecular weight excluding hydrogens is 318 g/mol. The van der Waals surface area contributed by atoms with E-state index < -0.39 is 0 Å². The number of rotatable bonds is 2. The molecule has 2 aromatic carbocycles. The molecule has 0 heterocycles. The third-order valence-electron chi connectivity index (χ3n) is 2.93. The molecule has 4 nitrogen and oxygen atoms in total. The van der Waals surface area contributed by atoms with Crippen molar-refractivity contribution < 1.29 is 4.79 Å². The second kappa shape index (κ2) is 5.76. The highest BCUT2D eigenvalue weighted by Crippen LogP contribution is 2.24. The molecule has 2 rings (SSSR count). The van der Waals surface area contributed by atoms with Crippen LogP contribution in [0.5, 0.6) is 0 Å². The minimum absolute atomic E-state index is 0.252. The van der Waals surface area contributed by atoms with Crippen LogP contribution in [-0.2, 0) is 0 Å². The van der Waals surface area contributed by atoms with Gasteiger partial charge in [-0.15, -0.1) is 0 Å². The van der Waals surface area contributed by atoms with Crippen molar-refractivity contribution in [3.63, 3.8) is 0 Å². The molecule has 0 aliphatic rings. The van der Waals surface area contributed by atoms with E-state index in [1.165, 1.54) is 4.90 Å². The summed E-state index contributed by atoms with van der Waals surface area (Å²) in [4.78, 5) is 13.9. The fourth-order valence-corrected chi connectivity index (χ4v) is 2.26. The van der Waals surface area contributed by atoms with Crippen LogP contribution in [0.4, 0.5) is 11.4 Å². The van der Waals surface area contributed by atoms with Gasteiger partial charge in [0.1, 0.15) is 6.07 Å². The SMILES string of the molecule is CN(C(=O)c1ccc(Br)cc1N)c1ccccc1C#N. The molecule has 20 heavy (non-hydrogen) atoms. The van der Waals surface area contributed by atoms with Crippen molar-refractivity contribution in [3.05, 3.63) is 58.1 Å². The molecule has 0 atom stereocenters. The number of carbonyl (C=O) groups is 1. The van der Waals surface area contributed by atoms with Gasteiger partial charge in [-0.1, -0.05) is 28.1 Å². The van der Waals surface area contributed by atoms with Crippen molar-refractivity contribution in [1.29, 1.82) is 5.26 Å². The number of nitrogens with zero attached hydrogens (tertiary/aromatic N) is 2. The smallest absolute Gasteiger partial charge is 0.260 e. The van der Waals surface area contributed by atoms with Crippen molar-refractivity contribution in [2.45, 2.75) is 0 Å². The van der Waals surface area contributed by atoms with Gasteiger partial charge in [-0.25, -0.2) is 0 Å². The Morgan fingerprint density at radius 2 is 2.00 bits per heavy atom. The van der Waals surface area contributed by atoms with Gasteiger partial charge in [-0.3, -0.25) is 4.79 Å². The number of nitriles is 1. The van der Waals surface area contributed by atoms with Gasteiger partial charge in [0.15, 0.2) is 0 Å². The first-order chi connectivity index (χ1) is 9.54. The molecule has 5 heteroatoms. The number of nitrogens with two attached hydrogens (primary N) is 1. The maximum absolute atomic E-state index is 12.5. The average Bonchev–Trinajstić information content (AvgIpc) is 2.45. The summed E-state index contributed by atoms with van der Waals surface area (Å²) < 4.78 is 0.812. The molecular formula is C15H12BrN3O. The lowest BCUT2D eigenvalue weighted by Gasteiger charge is -2.19. The predicted molar refractivity (Wildman–Crippen MR) is 82.4 cm³/mol. The van der Waals surface area contributed by atoms with Crippen molar-refractivity contribution >= 4 is 33.2 Å². The Labute approximate surface area is 125 Å². The third-order valence-corrected chi connectivity index (χ3v) is 3.43. The highest BCUT2D eigenvalue weighted by atomic mass is 79.9. The Morgan fingerprint density at radius 1 is 1.30 bits per heavy atom. The minimum Gasteiger partial charge on any atom is -0.398 e. The zero-order valence-corrected chi connectivity index (χ0v) is 12.4. The Morgan fingerprint density at radius 3 is 2.65 bits per heavy atom. The molecule has 0 saturated heterocycles. The van der Waals surface area contributed by atoms with Gasteiger partial charge >= 0.3 is 0 Å². The van der Waals surface area contributed by atoms with E-state index >= 15 is 0 Å². The number of para-hydroxylation sites is 1. The van der Waals surface area contributed by atoms with E-state index in [-0.39, 0.29) is 5.91 Å². The highest BCUT2D eigenvalue weighted by Gasteiger charge is 2.18. The molecule has 0 radical (unpaired) electrons. The molecule has 0 bridgehead atoms. The summed E-state index contributed by atoms with van der Waals surface area (Å²) in [5.41, 5.74) is 7.67. The van der Waals surface area contributed by atoms with E-state index in [1.807, 2.05) is 0 Å². The van der Waals surface area contributed by atoms with Crippen LogP contribution in [0.2, 0.25) is 0 Å². The number of carbonyl (C=O) groups excluding carboxylic acids is 1. The monoisotopic (exact) mass is 329 g/mol. The lowest BCUT2D eigenvalue weighted by molar-refractivity contribution is 0.0994. The predicted octanol–water partition coefficient (Wildman–Crippen LogP) is 3.18. The van der Waals surface area contributed by atoms with Crippen LogP contribution in [-0.4, -0.2) is 13.0 Å². The summed E-state index contributed by atoms with van der Waals surface area (Å²) in [5, 5.41) is 9.09. The van der Waals surface area contributed by atoms with E-state index in [2.05, 4.69) is 22.0 Å². The zero-order chi connectivity index (χ0) is 14.7. The van der Waals surface area contributed by atoms with Gasteiger partial charge in [0, 0.05) is 17.2 Å². The van der Waals surface area contributed by atoms with Crippen LogP contribution in [0.1, 0.15) is 15.9 Å². The fraction of sp³-hybridized carbons (Fsp3) is 0.0667. The highest BCUT2D eigenvalue weighted by molar-refractivity contribution is 9.10. The molecule has 1 amide bonds. The topological polar surface area (TPSA) is 70.1 Å². The van der Waals surface area contributed by atoms with Crippen LogP contribution < -0.4 is 10.6 Å². The summed E-state index contributed by atoms with van der Waals surface area (Å²) in [6, 6.07) is 14.1. The molecule has 2 N–H and O–H groups in total. The first-order valence-corrected chi connectivity index (χ1v) is 6.66. The lowest BCUT2D eigenvalue weighted by atomic mass is 10.1. The van der Waals surface area contributed by atoms with Gasteiger partial charge in [-0.05, 0) is 30.3 Å². The minimum atomic E-state index is -0.252. The summed E-state index contributed by atoms with van der Waals surface area (Å²) in [6.45, 7) is 0. The summed E-state index contributed by atoms with van der Waals surface area (Å²) in [7, 11) is 1.62. The normalized spacial score (nSPS) is 9.85. The molecule has 0 aromatic heterocycles. The number of hydrogen-bond acceptors (Lipinski definition) is 3. The van der Waals surface area contributed by atoms with Crippen molar-refractivity contribution in [3.8, 4) is 6.07 Å². The van der Waals surface area contributed by atoms with Gasteiger partial charge in [0.2, 0.25) is 0 Å². The Bertz CT molecular complexity index is 707. The third kappa shape index (κ3) is 2.65. The second-order valence-electron chi connectivity index (χ2n) is 4.22. The van der Waals surface area contributed by atoms with E-state index in [1.54, 1.807) is 49.5 Å². The van der Waals surface area contributed by atoms with E-state index in [9.17, 15) is 4.79 Å². The van der Waals surface area contributed by atoms with Gasteiger partial charge in [0.25, 0.3) is 5.91 Å². The molecule has 0 aliphatic heterocycles. The van der Waals surface area contributed by atoms with Crippen molar-refractivity contribution in [2.75, 3.05) is 17.7 Å². The van der Waals surface area contributed by atoms with Crippen LogP contribution in [0.3, 0.4) is 0 Å². The lowest BCUT2D eigenvalue weighted by Crippen LogP contribution is -2.27. The number of benzene rings is 2. The molecule has 0 spiro atoms. The molecule has 0 saturated carbocycles. The summed E-state index contributed by atoms with van der Waals surface area (Å²) in [5.74, 6) is -0.252. The van der Waals surface area contributed by atoms with Crippen molar-refractivity contribution in [2.24, 2.45) is 0 Å². The molecule has 100 valence electrons. The Hall–Kier alpha value is -2.32. The molecule has 2 aromatic rings. The number of halogens is 1. The van der Waals surface area contributed by atoms with E-state index in [0.29, 0.717) is 22.5 Å². The van der Waals surface area contributed by atoms with E-state index in [4.69, 9.17) is 11.0 Å². The van der Waals surface area contributed by atoms with Crippen LogP contribution >= 0.6 is 15.9 Å². The number of nitrogen functional groups attached to an aromatic ring is 1. The number of anilines is 2. The summed E-state index contributed by atoms with van der Waals surface area (Å²) in [6.07, 6.45) is 0. The van der Waals surface area contributed by atoms with Crippen LogP contribution in [0, 0.1) is 11.3 Å². The second-order valence-corrected chi connectivity index (χ2v) is 5.14. The first-order valence-electron chi connectivity index (χ1n) is 5.87. The zero-order valence-electron chi connectivity index (χ0n) is 10.8. The average molecular weight is 330 g/mol. The maximum Gasteiger partial charge on any atom is 0.260 e. The fourth-order valence-electron chi connectivity index (χ4n) is 1.88. The van der Waals surface area contributed by atoms with Gasteiger partial charge in [-0.2, -0.15) is 5.26 Å². The molecule has 0 fully saturated rings. The standard InChI is InChI=1S/C15H12BrN3O/c1-19(14-5-3-2-4-10(14)9-17)15(20)12-7-6-11(16)8-13(12)18/h2-8H,18H2,1H3. The quantitative estimate of drug-likeness (QED) is 0.860. The first kappa shape index (κ1) is 14.1. The number of amides is 1. The Balaban J connectivity index is 2.41. The largest absolute Gasteiger partial charge is 0.398 e. The van der Waals surface area contributed by atoms with E-state index in [0.717, 1.165) is 4.47 Å². The Kier molecular flexibility index (Phi) is 4.06. The van der Waals surface area contributed by atoms with Crippen molar-refractivity contribution in [1.82, 2.24) is 0 Å². The number of hydrogen-bond donors (Lipinski definition) is 1. The van der Waals surface area contributed by atoms with Crippen LogP contribution in [0.15, 0.2) is 46.9 Å². The molecule has 0 unspecified atom stereocenters. The van der Waals surface area contributed by atoms with Crippen LogP contribution in [0.25, 0.3) is 0 Å². The summed E-state index contributed by atoms with van der Waals surface area (Å²) >= 11 is 3.30. The maximum atomic E-state index is 12.5. The van der Waals surface area contributed by atoms with Gasteiger partial charge < -0.3 is 10.6 Å². The molecule has 0 aliphatic carbocycles.